The minimum Gasteiger partial charge on any atom is -0.447 e. The quantitative estimate of drug-likeness (QED) is 0.743. The van der Waals surface area contributed by atoms with E-state index in [0.717, 1.165) is 45.1 Å². The fraction of sp³-hybridized carbons (Fsp3) is 0.565. The Hall–Kier alpha value is -2.18. The maximum atomic E-state index is 12.3. The molecule has 1 N–H and O–H groups in total. The minimum absolute atomic E-state index is 0.138. The Bertz CT molecular complexity index is 762. The molecular weight excluding hydrogens is 364 g/mol. The van der Waals surface area contributed by atoms with Gasteiger partial charge in [-0.2, -0.15) is 0 Å². The van der Waals surface area contributed by atoms with Crippen molar-refractivity contribution in [1.82, 2.24) is 20.1 Å². The highest BCUT2D eigenvalue weighted by Crippen LogP contribution is 2.22. The zero-order valence-corrected chi connectivity index (χ0v) is 17.2. The van der Waals surface area contributed by atoms with Crippen molar-refractivity contribution in [1.29, 1.82) is 0 Å². The minimum atomic E-state index is -0.138. The monoisotopic (exact) mass is 396 g/mol. The van der Waals surface area contributed by atoms with Gasteiger partial charge in [0.1, 0.15) is 6.26 Å². The molecule has 6 heteroatoms. The Morgan fingerprint density at radius 2 is 1.83 bits per heavy atom. The molecule has 0 aliphatic carbocycles. The summed E-state index contributed by atoms with van der Waals surface area (Å²) in [5.74, 6) is 1.24. The fourth-order valence-corrected chi connectivity index (χ4v) is 4.40. The molecule has 0 bridgehead atoms. The SMILES string of the molecule is O=C(NCCN1CCCC1)c1coc(CN2CCC(Cc3ccccc3)CC2)n1. The van der Waals surface area contributed by atoms with Gasteiger partial charge in [0, 0.05) is 13.1 Å². The zero-order valence-electron chi connectivity index (χ0n) is 17.2. The second-order valence-electron chi connectivity index (χ2n) is 8.34. The number of likely N-dealkylation sites (tertiary alicyclic amines) is 2. The molecule has 0 unspecified atom stereocenters. The number of carbonyl (C=O) groups is 1. The summed E-state index contributed by atoms with van der Waals surface area (Å²) >= 11 is 0. The molecule has 0 spiro atoms. The predicted molar refractivity (Wildman–Crippen MR) is 113 cm³/mol. The van der Waals surface area contributed by atoms with Crippen LogP contribution in [0.25, 0.3) is 0 Å². The van der Waals surface area contributed by atoms with Crippen molar-refractivity contribution in [3.05, 3.63) is 53.7 Å². The van der Waals surface area contributed by atoms with E-state index >= 15 is 0 Å². The number of piperidine rings is 1. The molecule has 2 aliphatic heterocycles. The van der Waals surface area contributed by atoms with Gasteiger partial charge >= 0.3 is 0 Å². The van der Waals surface area contributed by atoms with Crippen molar-refractivity contribution in [3.63, 3.8) is 0 Å². The van der Waals surface area contributed by atoms with Crippen LogP contribution >= 0.6 is 0 Å². The van der Waals surface area contributed by atoms with Gasteiger partial charge in [-0.25, -0.2) is 4.98 Å². The summed E-state index contributed by atoms with van der Waals surface area (Å²) in [7, 11) is 0. The summed E-state index contributed by atoms with van der Waals surface area (Å²) in [4.78, 5) is 21.4. The normalized spacial score (nSPS) is 18.9. The van der Waals surface area contributed by atoms with E-state index in [9.17, 15) is 4.79 Å². The number of nitrogens with one attached hydrogen (secondary N) is 1. The van der Waals surface area contributed by atoms with E-state index in [1.54, 1.807) is 0 Å². The smallest absolute Gasteiger partial charge is 0.273 e. The lowest BCUT2D eigenvalue weighted by atomic mass is 9.90. The highest BCUT2D eigenvalue weighted by molar-refractivity contribution is 5.91. The van der Waals surface area contributed by atoms with Crippen molar-refractivity contribution in [2.45, 2.75) is 38.6 Å². The van der Waals surface area contributed by atoms with E-state index in [1.807, 2.05) is 0 Å². The first kappa shape index (κ1) is 20.1. The number of amides is 1. The van der Waals surface area contributed by atoms with E-state index in [0.29, 0.717) is 24.7 Å². The summed E-state index contributed by atoms with van der Waals surface area (Å²) in [6, 6.07) is 10.7. The van der Waals surface area contributed by atoms with Crippen molar-refractivity contribution < 1.29 is 9.21 Å². The van der Waals surface area contributed by atoms with Gasteiger partial charge in [0.05, 0.1) is 6.54 Å². The van der Waals surface area contributed by atoms with Gasteiger partial charge in [-0.3, -0.25) is 9.69 Å². The number of carbonyl (C=O) groups excluding carboxylic acids is 1. The van der Waals surface area contributed by atoms with Gasteiger partial charge < -0.3 is 14.6 Å². The van der Waals surface area contributed by atoms with Crippen LogP contribution in [0.1, 0.15) is 47.6 Å². The lowest BCUT2D eigenvalue weighted by molar-refractivity contribution is 0.0944. The summed E-state index contributed by atoms with van der Waals surface area (Å²) in [6.45, 7) is 6.65. The van der Waals surface area contributed by atoms with E-state index in [-0.39, 0.29) is 5.91 Å². The van der Waals surface area contributed by atoms with Crippen molar-refractivity contribution >= 4 is 5.91 Å². The molecule has 2 aromatic rings. The zero-order chi connectivity index (χ0) is 19.9. The van der Waals surface area contributed by atoms with Crippen LogP contribution in [0.2, 0.25) is 0 Å². The van der Waals surface area contributed by atoms with Gasteiger partial charge in [0.2, 0.25) is 5.89 Å². The third-order valence-corrected chi connectivity index (χ3v) is 6.13. The van der Waals surface area contributed by atoms with Gasteiger partial charge in [0.25, 0.3) is 5.91 Å². The van der Waals surface area contributed by atoms with Crippen LogP contribution in [0.15, 0.2) is 41.0 Å². The Labute approximate surface area is 173 Å². The molecule has 29 heavy (non-hydrogen) atoms. The Kier molecular flexibility index (Phi) is 6.96. The van der Waals surface area contributed by atoms with Crippen LogP contribution in [-0.2, 0) is 13.0 Å². The molecule has 2 saturated heterocycles. The summed E-state index contributed by atoms with van der Waals surface area (Å²) < 4.78 is 5.57. The van der Waals surface area contributed by atoms with E-state index in [1.165, 1.54) is 37.5 Å². The molecule has 2 fully saturated rings. The molecule has 0 radical (unpaired) electrons. The molecule has 0 saturated carbocycles. The van der Waals surface area contributed by atoms with Crippen LogP contribution in [0.4, 0.5) is 0 Å². The first-order valence-corrected chi connectivity index (χ1v) is 11.0. The average Bonchev–Trinajstić information content (AvgIpc) is 3.42. The molecule has 1 amide bonds. The van der Waals surface area contributed by atoms with Crippen molar-refractivity contribution in [2.24, 2.45) is 5.92 Å². The standard InChI is InChI=1S/C23H32N4O2/c28-23(24-10-15-26-11-4-5-12-26)21-18-29-22(25-21)17-27-13-8-20(9-14-27)16-19-6-2-1-3-7-19/h1-3,6-7,18,20H,4-5,8-17H2,(H,24,28). The van der Waals surface area contributed by atoms with Gasteiger partial charge in [-0.15, -0.1) is 0 Å². The van der Waals surface area contributed by atoms with Crippen LogP contribution in [0, 0.1) is 5.92 Å². The molecule has 0 atom stereocenters. The summed E-state index contributed by atoms with van der Waals surface area (Å²) in [6.07, 6.45) is 7.57. The van der Waals surface area contributed by atoms with Crippen LogP contribution in [0.5, 0.6) is 0 Å². The average molecular weight is 397 g/mol. The van der Waals surface area contributed by atoms with E-state index < -0.39 is 0 Å². The second kappa shape index (κ2) is 10.0. The lowest BCUT2D eigenvalue weighted by Gasteiger charge is -2.31. The van der Waals surface area contributed by atoms with E-state index in [2.05, 4.69) is 50.4 Å². The number of hydrogen-bond donors (Lipinski definition) is 1. The molecule has 1 aromatic carbocycles. The number of rotatable bonds is 8. The molecule has 4 rings (SSSR count). The number of oxazole rings is 1. The van der Waals surface area contributed by atoms with Gasteiger partial charge in [-0.1, -0.05) is 30.3 Å². The first-order valence-electron chi connectivity index (χ1n) is 11.0. The summed E-state index contributed by atoms with van der Waals surface area (Å²) in [5.41, 5.74) is 1.82. The first-order chi connectivity index (χ1) is 14.3. The van der Waals surface area contributed by atoms with Crippen molar-refractivity contribution in [2.75, 3.05) is 39.3 Å². The second-order valence-corrected chi connectivity index (χ2v) is 8.34. The van der Waals surface area contributed by atoms with Gasteiger partial charge in [0.15, 0.2) is 5.69 Å². The highest BCUT2D eigenvalue weighted by Gasteiger charge is 2.21. The van der Waals surface area contributed by atoms with Crippen molar-refractivity contribution in [3.8, 4) is 0 Å². The number of hydrogen-bond acceptors (Lipinski definition) is 5. The maximum Gasteiger partial charge on any atom is 0.273 e. The van der Waals surface area contributed by atoms with Crippen LogP contribution < -0.4 is 5.32 Å². The Balaban J connectivity index is 1.18. The molecule has 1 aromatic heterocycles. The molecular formula is C23H32N4O2. The Morgan fingerprint density at radius 3 is 2.59 bits per heavy atom. The third-order valence-electron chi connectivity index (χ3n) is 6.13. The topological polar surface area (TPSA) is 61.6 Å². The lowest BCUT2D eigenvalue weighted by Crippen LogP contribution is -2.34. The molecule has 2 aliphatic rings. The number of nitrogens with zero attached hydrogens (tertiary/aromatic N) is 3. The predicted octanol–water partition coefficient (Wildman–Crippen LogP) is 2.95. The Morgan fingerprint density at radius 1 is 1.07 bits per heavy atom. The summed E-state index contributed by atoms with van der Waals surface area (Å²) in [5, 5.41) is 2.96. The molecule has 6 nitrogen and oxygen atoms in total. The maximum absolute atomic E-state index is 12.3. The largest absolute Gasteiger partial charge is 0.447 e. The van der Waals surface area contributed by atoms with Gasteiger partial charge in [-0.05, 0) is 69.8 Å². The molecule has 156 valence electrons. The van der Waals surface area contributed by atoms with E-state index in [4.69, 9.17) is 4.42 Å². The number of aromatic nitrogens is 1. The number of benzene rings is 1. The highest BCUT2D eigenvalue weighted by atomic mass is 16.3. The third kappa shape index (κ3) is 5.90. The fourth-order valence-electron chi connectivity index (χ4n) is 4.40. The van der Waals surface area contributed by atoms with Crippen LogP contribution in [0.3, 0.4) is 0 Å². The molecule has 3 heterocycles. The van der Waals surface area contributed by atoms with Crippen LogP contribution in [-0.4, -0.2) is 60.0 Å².